The van der Waals surface area contributed by atoms with Crippen molar-refractivity contribution >= 4 is 22.7 Å². The summed E-state index contributed by atoms with van der Waals surface area (Å²) in [6.07, 6.45) is 3.42. The van der Waals surface area contributed by atoms with E-state index in [1.807, 2.05) is 6.07 Å². The average Bonchev–Trinajstić information content (AvgIpc) is 3.05. The standard InChI is InChI=1S/C23H27N3O2/c1-4-25-20-11-9-17(23(27)28)14-18(20)24-22(25)21-7-5-6-12-26(21)19-10-8-15(2)13-16(19)3/h8-11,13-14,21H,4-7,12H2,1-3H3,(H,27,28). The number of aromatic carboxylic acids is 1. The lowest BCUT2D eigenvalue weighted by Gasteiger charge is -2.38. The zero-order chi connectivity index (χ0) is 19.8. The Morgan fingerprint density at radius 3 is 2.71 bits per heavy atom. The Kier molecular flexibility index (Phi) is 4.84. The summed E-state index contributed by atoms with van der Waals surface area (Å²) in [7, 11) is 0. The van der Waals surface area contributed by atoms with Crippen molar-refractivity contribution in [2.45, 2.75) is 52.6 Å². The lowest BCUT2D eigenvalue weighted by atomic mass is 9.98. The maximum Gasteiger partial charge on any atom is 0.335 e. The molecule has 5 heteroatoms. The van der Waals surface area contributed by atoms with Crippen LogP contribution in [-0.2, 0) is 6.54 Å². The number of anilines is 1. The second-order valence-corrected chi connectivity index (χ2v) is 7.72. The SMILES string of the molecule is CCn1c(C2CCCCN2c2ccc(C)cc2C)nc2cc(C(=O)O)ccc21. The van der Waals surface area contributed by atoms with Crippen LogP contribution >= 0.6 is 0 Å². The minimum Gasteiger partial charge on any atom is -0.478 e. The Hall–Kier alpha value is -2.82. The van der Waals surface area contributed by atoms with Crippen LogP contribution in [0.5, 0.6) is 0 Å². The number of carbonyl (C=O) groups is 1. The second-order valence-electron chi connectivity index (χ2n) is 7.72. The van der Waals surface area contributed by atoms with Crippen LogP contribution in [0.2, 0.25) is 0 Å². The Morgan fingerprint density at radius 2 is 2.00 bits per heavy atom. The molecule has 1 atom stereocenters. The second kappa shape index (κ2) is 7.30. The van der Waals surface area contributed by atoms with Crippen LogP contribution in [-0.4, -0.2) is 27.2 Å². The van der Waals surface area contributed by atoms with Crippen LogP contribution in [0.4, 0.5) is 5.69 Å². The van der Waals surface area contributed by atoms with Gasteiger partial charge < -0.3 is 14.6 Å². The number of hydrogen-bond donors (Lipinski definition) is 1. The third-order valence-corrected chi connectivity index (χ3v) is 5.80. The van der Waals surface area contributed by atoms with E-state index < -0.39 is 5.97 Å². The number of hydrogen-bond acceptors (Lipinski definition) is 3. The molecule has 0 bridgehead atoms. The number of imidazole rings is 1. The van der Waals surface area contributed by atoms with Crippen molar-refractivity contribution in [3.63, 3.8) is 0 Å². The van der Waals surface area contributed by atoms with E-state index in [1.165, 1.54) is 29.7 Å². The fourth-order valence-electron chi connectivity index (χ4n) is 4.48. The normalized spacial score (nSPS) is 17.2. The molecule has 1 aliphatic rings. The first-order valence-electron chi connectivity index (χ1n) is 10.1. The topological polar surface area (TPSA) is 58.4 Å². The summed E-state index contributed by atoms with van der Waals surface area (Å²) < 4.78 is 2.24. The van der Waals surface area contributed by atoms with Crippen molar-refractivity contribution in [1.82, 2.24) is 9.55 Å². The van der Waals surface area contributed by atoms with Gasteiger partial charge in [0.1, 0.15) is 5.82 Å². The third kappa shape index (κ3) is 3.15. The highest BCUT2D eigenvalue weighted by atomic mass is 16.4. The van der Waals surface area contributed by atoms with Gasteiger partial charge in [-0.2, -0.15) is 0 Å². The molecule has 5 nitrogen and oxygen atoms in total. The van der Waals surface area contributed by atoms with Gasteiger partial charge in [-0.1, -0.05) is 17.7 Å². The van der Waals surface area contributed by atoms with E-state index in [4.69, 9.17) is 4.98 Å². The molecule has 4 rings (SSSR count). The fraction of sp³-hybridized carbons (Fsp3) is 0.391. The Labute approximate surface area is 165 Å². The van der Waals surface area contributed by atoms with Crippen LogP contribution in [0.3, 0.4) is 0 Å². The van der Waals surface area contributed by atoms with Crippen molar-refractivity contribution in [3.05, 3.63) is 58.9 Å². The van der Waals surface area contributed by atoms with E-state index in [-0.39, 0.29) is 11.6 Å². The van der Waals surface area contributed by atoms with Gasteiger partial charge in [0.2, 0.25) is 0 Å². The van der Waals surface area contributed by atoms with Crippen molar-refractivity contribution in [2.75, 3.05) is 11.4 Å². The molecule has 0 spiro atoms. The number of aromatic nitrogens is 2. The number of fused-ring (bicyclic) bond motifs is 1. The lowest BCUT2D eigenvalue weighted by Crippen LogP contribution is -2.35. The van der Waals surface area contributed by atoms with Crippen LogP contribution in [0, 0.1) is 13.8 Å². The molecule has 146 valence electrons. The number of carboxylic acids is 1. The van der Waals surface area contributed by atoms with Gasteiger partial charge in [-0.05, 0) is 69.9 Å². The summed E-state index contributed by atoms with van der Waals surface area (Å²) in [6, 6.07) is 12.1. The van der Waals surface area contributed by atoms with Crippen LogP contribution in [0.25, 0.3) is 11.0 Å². The minimum atomic E-state index is -0.913. The van der Waals surface area contributed by atoms with Gasteiger partial charge in [-0.15, -0.1) is 0 Å². The van der Waals surface area contributed by atoms with Gasteiger partial charge in [-0.3, -0.25) is 0 Å². The Morgan fingerprint density at radius 1 is 1.18 bits per heavy atom. The molecule has 2 heterocycles. The predicted octanol–water partition coefficient (Wildman–Crippen LogP) is 5.10. The summed E-state index contributed by atoms with van der Waals surface area (Å²) in [5.74, 6) is 0.129. The number of nitrogens with zero attached hydrogens (tertiary/aromatic N) is 3. The Bertz CT molecular complexity index is 1040. The molecule has 0 amide bonds. The summed E-state index contributed by atoms with van der Waals surface area (Å²) in [5, 5.41) is 9.33. The van der Waals surface area contributed by atoms with Crippen molar-refractivity contribution in [1.29, 1.82) is 0 Å². The van der Waals surface area contributed by atoms with E-state index >= 15 is 0 Å². The highest BCUT2D eigenvalue weighted by molar-refractivity contribution is 5.92. The quantitative estimate of drug-likeness (QED) is 0.687. The summed E-state index contributed by atoms with van der Waals surface area (Å²) in [4.78, 5) is 18.8. The molecule has 1 aliphatic heterocycles. The van der Waals surface area contributed by atoms with Gasteiger partial charge in [0.25, 0.3) is 0 Å². The minimum absolute atomic E-state index is 0.204. The summed E-state index contributed by atoms with van der Waals surface area (Å²) in [5.41, 5.74) is 5.90. The lowest BCUT2D eigenvalue weighted by molar-refractivity contribution is 0.0697. The fourth-order valence-corrected chi connectivity index (χ4v) is 4.48. The van der Waals surface area contributed by atoms with Gasteiger partial charge in [0.05, 0.1) is 22.6 Å². The van der Waals surface area contributed by atoms with Crippen molar-refractivity contribution in [2.24, 2.45) is 0 Å². The van der Waals surface area contributed by atoms with E-state index in [1.54, 1.807) is 12.1 Å². The molecule has 2 aromatic carbocycles. The van der Waals surface area contributed by atoms with E-state index in [9.17, 15) is 9.90 Å². The zero-order valence-electron chi connectivity index (χ0n) is 16.8. The molecular weight excluding hydrogens is 350 g/mol. The third-order valence-electron chi connectivity index (χ3n) is 5.80. The maximum absolute atomic E-state index is 11.4. The molecule has 0 radical (unpaired) electrons. The number of piperidine rings is 1. The van der Waals surface area contributed by atoms with Crippen molar-refractivity contribution in [3.8, 4) is 0 Å². The first-order chi connectivity index (χ1) is 13.5. The average molecular weight is 377 g/mol. The number of rotatable bonds is 4. The Balaban J connectivity index is 1.82. The molecule has 0 aliphatic carbocycles. The van der Waals surface area contributed by atoms with Gasteiger partial charge >= 0.3 is 5.97 Å². The highest BCUT2D eigenvalue weighted by Crippen LogP contribution is 2.37. The highest BCUT2D eigenvalue weighted by Gasteiger charge is 2.29. The maximum atomic E-state index is 11.4. The van der Waals surface area contributed by atoms with E-state index in [2.05, 4.69) is 48.4 Å². The number of carboxylic acid groups (broad SMARTS) is 1. The zero-order valence-corrected chi connectivity index (χ0v) is 16.8. The van der Waals surface area contributed by atoms with Crippen LogP contribution in [0.1, 0.15) is 59.5 Å². The molecule has 1 aromatic heterocycles. The monoisotopic (exact) mass is 377 g/mol. The molecule has 3 aromatic rings. The smallest absolute Gasteiger partial charge is 0.335 e. The van der Waals surface area contributed by atoms with Crippen LogP contribution < -0.4 is 4.90 Å². The van der Waals surface area contributed by atoms with Gasteiger partial charge in [0.15, 0.2) is 0 Å². The van der Waals surface area contributed by atoms with E-state index in [0.29, 0.717) is 0 Å². The largest absolute Gasteiger partial charge is 0.478 e. The molecular formula is C23H27N3O2. The first-order valence-corrected chi connectivity index (χ1v) is 10.1. The predicted molar refractivity (Wildman–Crippen MR) is 112 cm³/mol. The molecule has 1 unspecified atom stereocenters. The van der Waals surface area contributed by atoms with E-state index in [0.717, 1.165) is 36.4 Å². The molecule has 0 saturated carbocycles. The molecule has 28 heavy (non-hydrogen) atoms. The first kappa shape index (κ1) is 18.5. The molecule has 1 N–H and O–H groups in total. The molecule has 1 saturated heterocycles. The van der Waals surface area contributed by atoms with Gasteiger partial charge in [-0.25, -0.2) is 9.78 Å². The number of aryl methyl sites for hydroxylation is 3. The number of benzene rings is 2. The van der Waals surface area contributed by atoms with Crippen molar-refractivity contribution < 1.29 is 9.90 Å². The summed E-state index contributed by atoms with van der Waals surface area (Å²) >= 11 is 0. The van der Waals surface area contributed by atoms with Gasteiger partial charge in [0, 0.05) is 18.8 Å². The molecule has 1 fully saturated rings. The van der Waals surface area contributed by atoms with Crippen LogP contribution in [0.15, 0.2) is 36.4 Å². The summed E-state index contributed by atoms with van der Waals surface area (Å²) in [6.45, 7) is 8.26.